The van der Waals surface area contributed by atoms with Crippen molar-refractivity contribution in [3.05, 3.63) is 100 Å². The third-order valence-electron chi connectivity index (χ3n) is 6.03. The van der Waals surface area contributed by atoms with Gasteiger partial charge in [0.1, 0.15) is 11.5 Å². The van der Waals surface area contributed by atoms with Crippen molar-refractivity contribution in [3.8, 4) is 5.75 Å². The molecule has 4 rings (SSSR count). The number of pyridine rings is 1. The van der Waals surface area contributed by atoms with E-state index in [1.54, 1.807) is 36.7 Å². The summed E-state index contributed by atoms with van der Waals surface area (Å²) in [6, 6.07) is 15.9. The van der Waals surface area contributed by atoms with Crippen LogP contribution in [-0.4, -0.2) is 33.3 Å². The van der Waals surface area contributed by atoms with E-state index in [1.807, 2.05) is 44.2 Å². The highest BCUT2D eigenvalue weighted by molar-refractivity contribution is 6.46. The Hall–Kier alpha value is -3.93. The number of likely N-dealkylation sites (tertiary alicyclic amines) is 1. The Bertz CT molecular complexity index is 1260. The number of aryl methyl sites for hydroxylation is 2. The minimum atomic E-state index is -0.715. The fraction of sp³-hybridized carbons (Fsp3) is 0.276. The van der Waals surface area contributed by atoms with Gasteiger partial charge in [-0.3, -0.25) is 14.6 Å². The second-order valence-corrected chi connectivity index (χ2v) is 9.38. The maximum absolute atomic E-state index is 13.3. The molecule has 6 nitrogen and oxygen atoms in total. The zero-order chi connectivity index (χ0) is 25.1. The highest BCUT2D eigenvalue weighted by atomic mass is 16.5. The Morgan fingerprint density at radius 1 is 1.09 bits per heavy atom. The summed E-state index contributed by atoms with van der Waals surface area (Å²) in [5, 5.41) is 11.3. The minimum Gasteiger partial charge on any atom is -0.507 e. The molecule has 0 aliphatic carbocycles. The quantitative estimate of drug-likeness (QED) is 0.286. The number of ketones is 1. The van der Waals surface area contributed by atoms with Gasteiger partial charge in [-0.25, -0.2) is 0 Å². The van der Waals surface area contributed by atoms with Crippen LogP contribution in [0.25, 0.3) is 5.76 Å². The average Bonchev–Trinajstić information content (AvgIpc) is 3.09. The molecule has 0 bridgehead atoms. The molecule has 3 aromatic rings. The molecule has 2 heterocycles. The van der Waals surface area contributed by atoms with Gasteiger partial charge in [-0.15, -0.1) is 0 Å². The molecule has 6 heteroatoms. The molecule has 0 spiro atoms. The fourth-order valence-electron chi connectivity index (χ4n) is 4.20. The SMILES string of the molecule is Cc1ccc(C2/C(=C(/O)c3ccc(OCC(C)C)c(C)c3)C(=O)C(=O)N2Cc2cccnc2)cc1. The molecular formula is C29H30N2O4. The summed E-state index contributed by atoms with van der Waals surface area (Å²) in [4.78, 5) is 32.1. The van der Waals surface area contributed by atoms with Crippen LogP contribution >= 0.6 is 0 Å². The largest absolute Gasteiger partial charge is 0.507 e. The molecule has 1 N–H and O–H groups in total. The lowest BCUT2D eigenvalue weighted by Gasteiger charge is -2.25. The highest BCUT2D eigenvalue weighted by Crippen LogP contribution is 2.40. The summed E-state index contributed by atoms with van der Waals surface area (Å²) in [7, 11) is 0. The first-order valence-electron chi connectivity index (χ1n) is 11.7. The van der Waals surface area contributed by atoms with Gasteiger partial charge in [0.05, 0.1) is 18.2 Å². The maximum Gasteiger partial charge on any atom is 0.295 e. The molecule has 1 fully saturated rings. The molecular weight excluding hydrogens is 440 g/mol. The van der Waals surface area contributed by atoms with Crippen molar-refractivity contribution in [3.63, 3.8) is 0 Å². The predicted molar refractivity (Wildman–Crippen MR) is 135 cm³/mol. The first-order valence-corrected chi connectivity index (χ1v) is 11.7. The molecule has 1 saturated heterocycles. The molecule has 1 aromatic heterocycles. The Kier molecular flexibility index (Phi) is 7.01. The Balaban J connectivity index is 1.78. The third kappa shape index (κ3) is 5.11. The molecule has 0 radical (unpaired) electrons. The summed E-state index contributed by atoms with van der Waals surface area (Å²) >= 11 is 0. The number of aromatic nitrogens is 1. The number of amides is 1. The number of carbonyl (C=O) groups is 2. The lowest BCUT2D eigenvalue weighted by atomic mass is 9.94. The predicted octanol–water partition coefficient (Wildman–Crippen LogP) is 5.36. The van der Waals surface area contributed by atoms with E-state index in [0.29, 0.717) is 18.1 Å². The number of benzene rings is 2. The molecule has 1 amide bonds. The van der Waals surface area contributed by atoms with E-state index in [2.05, 4.69) is 18.8 Å². The smallest absolute Gasteiger partial charge is 0.295 e. The van der Waals surface area contributed by atoms with Gasteiger partial charge in [0, 0.05) is 24.5 Å². The molecule has 1 atom stereocenters. The number of aliphatic hydroxyl groups is 1. The van der Waals surface area contributed by atoms with Crippen LogP contribution in [0.5, 0.6) is 5.75 Å². The van der Waals surface area contributed by atoms with E-state index < -0.39 is 17.7 Å². The molecule has 2 aromatic carbocycles. The number of ether oxygens (including phenoxy) is 1. The zero-order valence-corrected chi connectivity index (χ0v) is 20.5. The number of hydrogen-bond donors (Lipinski definition) is 1. The molecule has 0 saturated carbocycles. The molecule has 1 aliphatic heterocycles. The fourth-order valence-corrected chi connectivity index (χ4v) is 4.20. The minimum absolute atomic E-state index is 0.0815. The van der Waals surface area contributed by atoms with E-state index >= 15 is 0 Å². The van der Waals surface area contributed by atoms with Crippen LogP contribution in [0.1, 0.15) is 47.7 Å². The number of nitrogens with zero attached hydrogens (tertiary/aromatic N) is 2. The van der Waals surface area contributed by atoms with Crippen molar-refractivity contribution in [2.75, 3.05) is 6.61 Å². The van der Waals surface area contributed by atoms with Crippen LogP contribution in [0, 0.1) is 19.8 Å². The average molecular weight is 471 g/mol. The van der Waals surface area contributed by atoms with E-state index in [0.717, 1.165) is 28.0 Å². The number of rotatable bonds is 7. The summed E-state index contributed by atoms with van der Waals surface area (Å²) in [6.45, 7) is 8.80. The van der Waals surface area contributed by atoms with Gasteiger partial charge in [0.15, 0.2) is 0 Å². The van der Waals surface area contributed by atoms with Crippen LogP contribution in [0.2, 0.25) is 0 Å². The lowest BCUT2D eigenvalue weighted by Crippen LogP contribution is -2.29. The Morgan fingerprint density at radius 3 is 2.46 bits per heavy atom. The van der Waals surface area contributed by atoms with Crippen molar-refractivity contribution < 1.29 is 19.4 Å². The van der Waals surface area contributed by atoms with Gasteiger partial charge in [0.25, 0.3) is 11.7 Å². The third-order valence-corrected chi connectivity index (χ3v) is 6.03. The van der Waals surface area contributed by atoms with Crippen LogP contribution in [0.4, 0.5) is 0 Å². The number of aliphatic hydroxyl groups excluding tert-OH is 1. The lowest BCUT2D eigenvalue weighted by molar-refractivity contribution is -0.140. The topological polar surface area (TPSA) is 79.7 Å². The molecule has 180 valence electrons. The summed E-state index contributed by atoms with van der Waals surface area (Å²) < 4.78 is 5.85. The second-order valence-electron chi connectivity index (χ2n) is 9.38. The van der Waals surface area contributed by atoms with Crippen LogP contribution in [0.3, 0.4) is 0 Å². The van der Waals surface area contributed by atoms with Gasteiger partial charge in [-0.05, 0) is 60.7 Å². The molecule has 1 unspecified atom stereocenters. The summed E-state index contributed by atoms with van der Waals surface area (Å²) in [5.74, 6) is -0.430. The summed E-state index contributed by atoms with van der Waals surface area (Å²) in [5.41, 5.74) is 4.01. The van der Waals surface area contributed by atoms with E-state index in [9.17, 15) is 14.7 Å². The van der Waals surface area contributed by atoms with Gasteiger partial charge >= 0.3 is 0 Å². The maximum atomic E-state index is 13.3. The van der Waals surface area contributed by atoms with Crippen LogP contribution in [0.15, 0.2) is 72.6 Å². The monoisotopic (exact) mass is 470 g/mol. The molecule has 1 aliphatic rings. The van der Waals surface area contributed by atoms with E-state index in [1.165, 1.54) is 4.90 Å². The second kappa shape index (κ2) is 10.1. The van der Waals surface area contributed by atoms with Gasteiger partial charge in [0.2, 0.25) is 0 Å². The van der Waals surface area contributed by atoms with E-state index in [-0.39, 0.29) is 17.9 Å². The number of Topliss-reactive ketones (excluding diaryl/α,β-unsaturated/α-hetero) is 1. The normalized spacial score (nSPS) is 17.3. The van der Waals surface area contributed by atoms with Gasteiger partial charge in [-0.2, -0.15) is 0 Å². The Morgan fingerprint density at radius 2 is 1.83 bits per heavy atom. The highest BCUT2D eigenvalue weighted by Gasteiger charge is 2.46. The van der Waals surface area contributed by atoms with Crippen molar-refractivity contribution in [1.29, 1.82) is 0 Å². The first-order chi connectivity index (χ1) is 16.8. The van der Waals surface area contributed by atoms with Crippen LogP contribution in [-0.2, 0) is 16.1 Å². The molecule has 35 heavy (non-hydrogen) atoms. The van der Waals surface area contributed by atoms with Crippen molar-refractivity contribution in [2.24, 2.45) is 5.92 Å². The zero-order valence-electron chi connectivity index (χ0n) is 20.5. The standard InChI is InChI=1S/C29H30N2O4/c1-18(2)17-35-24-12-11-23(14-20(24)4)27(32)25-26(22-9-7-19(3)8-10-22)31(29(34)28(25)33)16-21-6-5-13-30-15-21/h5-15,18,26,32H,16-17H2,1-4H3/b27-25-. The number of hydrogen-bond acceptors (Lipinski definition) is 5. The first kappa shape index (κ1) is 24.2. The van der Waals surface area contributed by atoms with Crippen molar-refractivity contribution >= 4 is 17.4 Å². The van der Waals surface area contributed by atoms with Gasteiger partial charge in [-0.1, -0.05) is 49.7 Å². The van der Waals surface area contributed by atoms with E-state index in [4.69, 9.17) is 4.74 Å². The van der Waals surface area contributed by atoms with Crippen molar-refractivity contribution in [1.82, 2.24) is 9.88 Å². The van der Waals surface area contributed by atoms with Gasteiger partial charge < -0.3 is 14.7 Å². The van der Waals surface area contributed by atoms with Crippen molar-refractivity contribution in [2.45, 2.75) is 40.3 Å². The summed E-state index contributed by atoms with van der Waals surface area (Å²) in [6.07, 6.45) is 3.33. The Labute approximate surface area is 205 Å². The number of carbonyl (C=O) groups excluding carboxylic acids is 2. The van der Waals surface area contributed by atoms with Crippen LogP contribution < -0.4 is 4.74 Å².